The minimum Gasteiger partial charge on any atom is -0.486 e. The van der Waals surface area contributed by atoms with Crippen LogP contribution in [0.5, 0.6) is 5.75 Å². The zero-order valence-corrected chi connectivity index (χ0v) is 19.8. The predicted molar refractivity (Wildman–Crippen MR) is 134 cm³/mol. The van der Waals surface area contributed by atoms with Gasteiger partial charge in [0.2, 0.25) is 5.91 Å². The van der Waals surface area contributed by atoms with Gasteiger partial charge in [0.15, 0.2) is 11.0 Å². The third kappa shape index (κ3) is 6.05. The van der Waals surface area contributed by atoms with E-state index in [2.05, 4.69) is 20.9 Å². The van der Waals surface area contributed by atoms with Gasteiger partial charge in [0.1, 0.15) is 12.4 Å². The molecule has 1 heterocycles. The molecule has 10 heteroatoms. The van der Waals surface area contributed by atoms with Crippen LogP contribution in [-0.4, -0.2) is 32.3 Å². The van der Waals surface area contributed by atoms with Crippen molar-refractivity contribution >= 4 is 29.3 Å². The van der Waals surface area contributed by atoms with E-state index in [-0.39, 0.29) is 23.8 Å². The molecular formula is C25H24N6O3S. The zero-order chi connectivity index (χ0) is 24.6. The molecule has 0 aliphatic heterocycles. The molecule has 0 bridgehead atoms. The van der Waals surface area contributed by atoms with Gasteiger partial charge >= 0.3 is 0 Å². The topological polar surface area (TPSA) is 124 Å². The van der Waals surface area contributed by atoms with Gasteiger partial charge in [0.25, 0.3) is 5.91 Å². The van der Waals surface area contributed by atoms with Crippen LogP contribution in [-0.2, 0) is 11.4 Å². The van der Waals surface area contributed by atoms with Crippen LogP contribution >= 0.6 is 11.8 Å². The zero-order valence-electron chi connectivity index (χ0n) is 19.0. The van der Waals surface area contributed by atoms with Crippen LogP contribution in [0, 0.1) is 6.92 Å². The highest BCUT2D eigenvalue weighted by Crippen LogP contribution is 2.24. The maximum absolute atomic E-state index is 12.7. The molecule has 178 valence electrons. The van der Waals surface area contributed by atoms with E-state index in [9.17, 15) is 9.59 Å². The number of hydrogen-bond acceptors (Lipinski definition) is 7. The number of rotatable bonds is 9. The van der Waals surface area contributed by atoms with Gasteiger partial charge in [-0.05, 0) is 43.3 Å². The van der Waals surface area contributed by atoms with Gasteiger partial charge < -0.3 is 10.1 Å². The Morgan fingerprint density at radius 1 is 0.971 bits per heavy atom. The van der Waals surface area contributed by atoms with Crippen molar-refractivity contribution in [3.8, 4) is 11.4 Å². The number of para-hydroxylation sites is 2. The predicted octanol–water partition coefficient (Wildman–Crippen LogP) is 3.49. The van der Waals surface area contributed by atoms with Crippen LogP contribution in [0.1, 0.15) is 21.7 Å². The largest absolute Gasteiger partial charge is 0.486 e. The molecule has 9 nitrogen and oxygen atoms in total. The number of aromatic nitrogens is 3. The number of nitrogens with one attached hydrogen (secondary N) is 2. The molecule has 0 spiro atoms. The second kappa shape index (κ2) is 11.3. The van der Waals surface area contributed by atoms with E-state index in [0.29, 0.717) is 16.7 Å². The van der Waals surface area contributed by atoms with Crippen LogP contribution in [0.3, 0.4) is 0 Å². The Morgan fingerprint density at radius 3 is 2.43 bits per heavy atom. The van der Waals surface area contributed by atoms with E-state index < -0.39 is 5.91 Å². The summed E-state index contributed by atoms with van der Waals surface area (Å²) in [5.41, 5.74) is 4.73. The number of ether oxygens (including phenoxy) is 1. The first-order chi connectivity index (χ1) is 17.0. The number of anilines is 1. The molecule has 1 aromatic heterocycles. The number of hydrogen-bond donors (Lipinski definition) is 3. The Hall–Kier alpha value is -4.15. The molecule has 3 aromatic carbocycles. The van der Waals surface area contributed by atoms with Gasteiger partial charge in [-0.1, -0.05) is 59.8 Å². The number of carbonyl (C=O) groups excluding carboxylic acids is 2. The third-order valence-corrected chi connectivity index (χ3v) is 5.94. The number of benzene rings is 3. The van der Waals surface area contributed by atoms with Crippen molar-refractivity contribution in [2.75, 3.05) is 11.1 Å². The lowest BCUT2D eigenvalue weighted by Crippen LogP contribution is -2.31. The van der Waals surface area contributed by atoms with Crippen molar-refractivity contribution in [1.82, 2.24) is 20.2 Å². The summed E-state index contributed by atoms with van der Waals surface area (Å²) < 4.78 is 7.78. The van der Waals surface area contributed by atoms with Gasteiger partial charge in [0.05, 0.1) is 17.0 Å². The number of amides is 2. The standard InChI is InChI=1S/C25H24N6O3S/c1-17-11-13-19(14-12-17)34-15-22-29-30-25(31(22)18-7-3-2-4-8-18)35-16-23(32)27-21-10-6-5-9-20(21)24(33)28-26/h2-14H,15-16,26H2,1H3,(H,27,32)(H,28,33). The molecule has 0 saturated carbocycles. The van der Waals surface area contributed by atoms with Crippen molar-refractivity contribution in [1.29, 1.82) is 0 Å². The van der Waals surface area contributed by atoms with Crippen molar-refractivity contribution in [2.24, 2.45) is 5.84 Å². The summed E-state index contributed by atoms with van der Waals surface area (Å²) in [5.74, 6) is 5.84. The van der Waals surface area contributed by atoms with Crippen LogP contribution in [0.4, 0.5) is 5.69 Å². The summed E-state index contributed by atoms with van der Waals surface area (Å²) in [6.07, 6.45) is 0. The van der Waals surface area contributed by atoms with Crippen molar-refractivity contribution in [3.63, 3.8) is 0 Å². The second-order valence-corrected chi connectivity index (χ2v) is 8.47. The van der Waals surface area contributed by atoms with E-state index in [4.69, 9.17) is 10.6 Å². The van der Waals surface area contributed by atoms with Gasteiger partial charge in [-0.2, -0.15) is 0 Å². The Kier molecular flexibility index (Phi) is 7.76. The molecule has 4 N–H and O–H groups in total. The lowest BCUT2D eigenvalue weighted by atomic mass is 10.1. The summed E-state index contributed by atoms with van der Waals surface area (Å²) >= 11 is 1.23. The number of aryl methyl sites for hydroxylation is 1. The molecule has 0 atom stereocenters. The molecule has 35 heavy (non-hydrogen) atoms. The third-order valence-electron chi connectivity index (χ3n) is 5.01. The number of nitrogen functional groups attached to an aromatic ring is 1. The maximum Gasteiger partial charge on any atom is 0.267 e. The number of thioether (sulfide) groups is 1. The van der Waals surface area contributed by atoms with E-state index in [1.54, 1.807) is 24.3 Å². The first-order valence-electron chi connectivity index (χ1n) is 10.8. The number of hydrazine groups is 1. The molecular weight excluding hydrogens is 464 g/mol. The number of carbonyl (C=O) groups is 2. The monoisotopic (exact) mass is 488 g/mol. The fourth-order valence-electron chi connectivity index (χ4n) is 3.29. The van der Waals surface area contributed by atoms with Crippen LogP contribution in [0.15, 0.2) is 84.0 Å². The van der Waals surface area contributed by atoms with Gasteiger partial charge in [-0.3, -0.25) is 19.6 Å². The van der Waals surface area contributed by atoms with Crippen molar-refractivity contribution in [3.05, 3.63) is 95.8 Å². The molecule has 0 radical (unpaired) electrons. The summed E-state index contributed by atoms with van der Waals surface area (Å²) in [6, 6.07) is 24.0. The second-order valence-electron chi connectivity index (χ2n) is 7.53. The molecule has 0 fully saturated rings. The normalized spacial score (nSPS) is 10.6. The Bertz CT molecular complexity index is 1310. The molecule has 0 aliphatic carbocycles. The summed E-state index contributed by atoms with van der Waals surface area (Å²) in [6.45, 7) is 2.22. The van der Waals surface area contributed by atoms with Gasteiger partial charge in [0, 0.05) is 5.69 Å². The minimum atomic E-state index is -0.490. The first-order valence-corrected chi connectivity index (χ1v) is 11.8. The van der Waals surface area contributed by atoms with E-state index in [0.717, 1.165) is 17.0 Å². The average Bonchev–Trinajstić information content (AvgIpc) is 3.30. The first kappa shape index (κ1) is 24.0. The highest BCUT2D eigenvalue weighted by atomic mass is 32.2. The summed E-state index contributed by atoms with van der Waals surface area (Å²) in [4.78, 5) is 24.6. The summed E-state index contributed by atoms with van der Waals surface area (Å²) in [7, 11) is 0. The smallest absolute Gasteiger partial charge is 0.267 e. The number of nitrogens with zero attached hydrogens (tertiary/aromatic N) is 3. The molecule has 2 amide bonds. The lowest BCUT2D eigenvalue weighted by Gasteiger charge is -2.12. The number of nitrogens with two attached hydrogens (primary N) is 1. The fourth-order valence-corrected chi connectivity index (χ4v) is 4.06. The van der Waals surface area contributed by atoms with Crippen LogP contribution in [0.2, 0.25) is 0 Å². The van der Waals surface area contributed by atoms with Gasteiger partial charge in [-0.15, -0.1) is 10.2 Å². The molecule has 0 aliphatic rings. The van der Waals surface area contributed by atoms with E-state index in [1.165, 1.54) is 11.8 Å². The molecule has 0 unspecified atom stereocenters. The van der Waals surface area contributed by atoms with Crippen LogP contribution in [0.25, 0.3) is 5.69 Å². The van der Waals surface area contributed by atoms with Gasteiger partial charge in [-0.25, -0.2) is 5.84 Å². The van der Waals surface area contributed by atoms with E-state index >= 15 is 0 Å². The average molecular weight is 489 g/mol. The van der Waals surface area contributed by atoms with Crippen molar-refractivity contribution < 1.29 is 14.3 Å². The molecule has 4 aromatic rings. The van der Waals surface area contributed by atoms with Crippen molar-refractivity contribution in [2.45, 2.75) is 18.7 Å². The molecule has 4 rings (SSSR count). The lowest BCUT2D eigenvalue weighted by molar-refractivity contribution is -0.113. The Morgan fingerprint density at radius 2 is 1.69 bits per heavy atom. The minimum absolute atomic E-state index is 0.0579. The SMILES string of the molecule is Cc1ccc(OCc2nnc(SCC(=O)Nc3ccccc3C(=O)NN)n2-c2ccccc2)cc1. The highest BCUT2D eigenvalue weighted by Gasteiger charge is 2.18. The molecule has 0 saturated heterocycles. The Balaban J connectivity index is 1.49. The fraction of sp³-hybridized carbons (Fsp3) is 0.120. The van der Waals surface area contributed by atoms with Crippen LogP contribution < -0.4 is 21.3 Å². The quantitative estimate of drug-likeness (QED) is 0.143. The summed E-state index contributed by atoms with van der Waals surface area (Å²) in [5, 5.41) is 11.9. The maximum atomic E-state index is 12.7. The van der Waals surface area contributed by atoms with E-state index in [1.807, 2.05) is 66.1 Å². The highest BCUT2D eigenvalue weighted by molar-refractivity contribution is 7.99. The Labute approximate surface area is 206 Å².